The van der Waals surface area contributed by atoms with Gasteiger partial charge in [-0.3, -0.25) is 4.79 Å². The number of primary amides is 1. The van der Waals surface area contributed by atoms with Gasteiger partial charge in [-0.15, -0.1) is 0 Å². The van der Waals surface area contributed by atoms with Crippen molar-refractivity contribution in [2.75, 3.05) is 6.54 Å². The minimum Gasteiger partial charge on any atom is -0.479 e. The van der Waals surface area contributed by atoms with Gasteiger partial charge >= 0.3 is 5.97 Å². The highest BCUT2D eigenvalue weighted by molar-refractivity contribution is 5.80. The van der Waals surface area contributed by atoms with Crippen LogP contribution in [0.25, 0.3) is 0 Å². The number of nitrogens with one attached hydrogen (secondary N) is 1. The Morgan fingerprint density at radius 1 is 1.47 bits per heavy atom. The molecule has 4 N–H and O–H groups in total. The van der Waals surface area contributed by atoms with E-state index < -0.39 is 24.0 Å². The van der Waals surface area contributed by atoms with Crippen LogP contribution in [0.1, 0.15) is 26.7 Å². The molecule has 0 aromatic rings. The molecule has 0 spiro atoms. The average molecular weight is 244 g/mol. The Morgan fingerprint density at radius 3 is 2.53 bits per heavy atom. The second kappa shape index (κ2) is 5.97. The fourth-order valence-electron chi connectivity index (χ4n) is 1.96. The summed E-state index contributed by atoms with van der Waals surface area (Å²) in [6.07, 6.45) is 0.336. The maximum Gasteiger partial charge on any atom is 0.332 e. The Hall–Kier alpha value is -1.14. The summed E-state index contributed by atoms with van der Waals surface area (Å²) in [4.78, 5) is 21.8. The molecular weight excluding hydrogens is 224 g/mol. The van der Waals surface area contributed by atoms with Crippen molar-refractivity contribution >= 4 is 11.9 Å². The van der Waals surface area contributed by atoms with Crippen LogP contribution in [0.2, 0.25) is 0 Å². The van der Waals surface area contributed by atoms with E-state index in [1.165, 1.54) is 0 Å². The third kappa shape index (κ3) is 3.98. The first-order valence-electron chi connectivity index (χ1n) is 5.82. The lowest BCUT2D eigenvalue weighted by Crippen LogP contribution is -2.47. The third-order valence-corrected chi connectivity index (χ3v) is 2.92. The summed E-state index contributed by atoms with van der Waals surface area (Å²) in [6.45, 7) is 4.26. The van der Waals surface area contributed by atoms with E-state index in [1.807, 2.05) is 13.8 Å². The minimum atomic E-state index is -0.928. The maximum absolute atomic E-state index is 11.1. The van der Waals surface area contributed by atoms with Crippen molar-refractivity contribution in [3.05, 3.63) is 0 Å². The van der Waals surface area contributed by atoms with E-state index in [9.17, 15) is 9.59 Å². The Labute approximate surface area is 101 Å². The summed E-state index contributed by atoms with van der Waals surface area (Å²) >= 11 is 0. The van der Waals surface area contributed by atoms with Crippen LogP contribution in [-0.4, -0.2) is 41.8 Å². The first kappa shape index (κ1) is 13.9. The average Bonchev–Trinajstić information content (AvgIpc) is 2.65. The molecule has 3 unspecified atom stereocenters. The number of carboxylic acids is 1. The Balaban J connectivity index is 2.36. The van der Waals surface area contributed by atoms with Crippen LogP contribution in [-0.2, 0) is 14.3 Å². The van der Waals surface area contributed by atoms with E-state index in [2.05, 4.69) is 5.32 Å². The molecule has 0 radical (unpaired) electrons. The molecule has 1 rings (SSSR count). The molecule has 1 fully saturated rings. The van der Waals surface area contributed by atoms with Gasteiger partial charge in [0, 0.05) is 6.54 Å². The summed E-state index contributed by atoms with van der Waals surface area (Å²) in [7, 11) is 0. The number of carbonyl (C=O) groups is 2. The monoisotopic (exact) mass is 244 g/mol. The summed E-state index contributed by atoms with van der Waals surface area (Å²) in [5.41, 5.74) is 5.26. The van der Waals surface area contributed by atoms with E-state index in [0.717, 1.165) is 0 Å². The van der Waals surface area contributed by atoms with Gasteiger partial charge in [0.2, 0.25) is 5.91 Å². The maximum atomic E-state index is 11.1. The summed E-state index contributed by atoms with van der Waals surface area (Å²) in [5, 5.41) is 11.8. The van der Waals surface area contributed by atoms with Crippen molar-refractivity contribution < 1.29 is 19.4 Å². The van der Waals surface area contributed by atoms with Gasteiger partial charge in [-0.25, -0.2) is 4.79 Å². The molecule has 0 aliphatic carbocycles. The second-order valence-electron chi connectivity index (χ2n) is 4.69. The van der Waals surface area contributed by atoms with Crippen LogP contribution in [0.5, 0.6) is 0 Å². The molecule has 0 aromatic carbocycles. The SMILES string of the molecule is CC(C)C(NCC1CCC(C(=O)O)O1)C(N)=O. The lowest BCUT2D eigenvalue weighted by atomic mass is 10.0. The number of amides is 1. The lowest BCUT2D eigenvalue weighted by molar-refractivity contribution is -0.149. The van der Waals surface area contributed by atoms with Crippen LogP contribution in [0.4, 0.5) is 0 Å². The molecule has 1 aliphatic heterocycles. The van der Waals surface area contributed by atoms with Crippen LogP contribution < -0.4 is 11.1 Å². The predicted octanol–water partition coefficient (Wildman–Crippen LogP) is -0.282. The van der Waals surface area contributed by atoms with Crippen molar-refractivity contribution in [3.8, 4) is 0 Å². The number of aliphatic carboxylic acids is 1. The normalized spacial score (nSPS) is 26.1. The van der Waals surface area contributed by atoms with Gasteiger partial charge in [0.05, 0.1) is 12.1 Å². The van der Waals surface area contributed by atoms with Gasteiger partial charge in [0.15, 0.2) is 6.10 Å². The third-order valence-electron chi connectivity index (χ3n) is 2.92. The molecule has 17 heavy (non-hydrogen) atoms. The van der Waals surface area contributed by atoms with E-state index in [4.69, 9.17) is 15.6 Å². The predicted molar refractivity (Wildman–Crippen MR) is 61.4 cm³/mol. The Morgan fingerprint density at radius 2 is 2.12 bits per heavy atom. The number of carboxylic acid groups (broad SMARTS) is 1. The number of hydrogen-bond donors (Lipinski definition) is 3. The highest BCUT2D eigenvalue weighted by atomic mass is 16.5. The van der Waals surface area contributed by atoms with Gasteiger partial charge in [0.1, 0.15) is 0 Å². The highest BCUT2D eigenvalue weighted by Gasteiger charge is 2.31. The molecular formula is C11H20N2O4. The lowest BCUT2D eigenvalue weighted by Gasteiger charge is -2.21. The standard InChI is InChI=1S/C11H20N2O4/c1-6(2)9(10(12)14)13-5-7-3-4-8(17-7)11(15)16/h6-9,13H,3-5H2,1-2H3,(H2,12,14)(H,15,16). The Bertz CT molecular complexity index is 293. The zero-order valence-electron chi connectivity index (χ0n) is 10.2. The van der Waals surface area contributed by atoms with Crippen molar-refractivity contribution in [1.82, 2.24) is 5.32 Å². The summed E-state index contributed by atoms with van der Waals surface area (Å²) < 4.78 is 5.32. The molecule has 0 saturated carbocycles. The molecule has 6 nitrogen and oxygen atoms in total. The van der Waals surface area contributed by atoms with Gasteiger partial charge in [-0.1, -0.05) is 13.8 Å². The fourth-order valence-corrected chi connectivity index (χ4v) is 1.96. The molecule has 98 valence electrons. The highest BCUT2D eigenvalue weighted by Crippen LogP contribution is 2.19. The summed E-state index contributed by atoms with van der Waals surface area (Å²) in [5.74, 6) is -1.22. The van der Waals surface area contributed by atoms with Crippen molar-refractivity contribution in [3.63, 3.8) is 0 Å². The molecule has 1 amide bonds. The van der Waals surface area contributed by atoms with Gasteiger partial charge in [-0.2, -0.15) is 0 Å². The first-order valence-corrected chi connectivity index (χ1v) is 5.82. The van der Waals surface area contributed by atoms with E-state index in [1.54, 1.807) is 0 Å². The van der Waals surface area contributed by atoms with Crippen LogP contribution in [0, 0.1) is 5.92 Å². The first-order chi connectivity index (χ1) is 7.91. The van der Waals surface area contributed by atoms with Crippen molar-refractivity contribution in [2.24, 2.45) is 11.7 Å². The molecule has 3 atom stereocenters. The molecule has 0 bridgehead atoms. The van der Waals surface area contributed by atoms with E-state index in [-0.39, 0.29) is 12.0 Å². The van der Waals surface area contributed by atoms with E-state index >= 15 is 0 Å². The quantitative estimate of drug-likeness (QED) is 0.596. The topological polar surface area (TPSA) is 102 Å². The number of ether oxygens (including phenoxy) is 1. The Kier molecular flexibility index (Phi) is 4.89. The number of rotatable bonds is 6. The minimum absolute atomic E-state index is 0.101. The van der Waals surface area contributed by atoms with Gasteiger partial charge < -0.3 is 20.9 Å². The van der Waals surface area contributed by atoms with Crippen molar-refractivity contribution in [2.45, 2.75) is 44.9 Å². The summed E-state index contributed by atoms with van der Waals surface area (Å²) in [6, 6.07) is -0.400. The molecule has 1 aliphatic rings. The molecule has 1 heterocycles. The molecule has 1 saturated heterocycles. The van der Waals surface area contributed by atoms with Crippen LogP contribution in [0.3, 0.4) is 0 Å². The molecule has 0 aromatic heterocycles. The van der Waals surface area contributed by atoms with Gasteiger partial charge in [0.25, 0.3) is 0 Å². The van der Waals surface area contributed by atoms with Crippen molar-refractivity contribution in [1.29, 1.82) is 0 Å². The van der Waals surface area contributed by atoms with Gasteiger partial charge in [-0.05, 0) is 18.8 Å². The van der Waals surface area contributed by atoms with Crippen LogP contribution in [0.15, 0.2) is 0 Å². The fraction of sp³-hybridized carbons (Fsp3) is 0.818. The molecule has 6 heteroatoms. The second-order valence-corrected chi connectivity index (χ2v) is 4.69. The number of carbonyl (C=O) groups excluding carboxylic acids is 1. The zero-order chi connectivity index (χ0) is 13.0. The zero-order valence-corrected chi connectivity index (χ0v) is 10.2. The van der Waals surface area contributed by atoms with E-state index in [0.29, 0.717) is 19.4 Å². The number of hydrogen-bond acceptors (Lipinski definition) is 4. The number of nitrogens with two attached hydrogens (primary N) is 1. The smallest absolute Gasteiger partial charge is 0.332 e. The van der Waals surface area contributed by atoms with Crippen LogP contribution >= 0.6 is 0 Å². The largest absolute Gasteiger partial charge is 0.479 e.